The summed E-state index contributed by atoms with van der Waals surface area (Å²) in [5.74, 6) is 1.79. The number of benzene rings is 1. The van der Waals surface area contributed by atoms with Crippen LogP contribution in [0, 0.1) is 20.8 Å². The first-order valence-electron chi connectivity index (χ1n) is 6.46. The number of hydrogen-bond acceptors (Lipinski definition) is 3. The van der Waals surface area contributed by atoms with Gasteiger partial charge in [-0.2, -0.15) is 0 Å². The summed E-state index contributed by atoms with van der Waals surface area (Å²) in [5, 5.41) is 10.3. The molecule has 3 heteroatoms. The van der Waals surface area contributed by atoms with E-state index in [1.807, 2.05) is 34.6 Å². The van der Waals surface area contributed by atoms with E-state index < -0.39 is 5.60 Å². The summed E-state index contributed by atoms with van der Waals surface area (Å²) < 4.78 is 11.5. The fraction of sp³-hybridized carbons (Fsp3) is 0.500. The van der Waals surface area contributed by atoms with Gasteiger partial charge in [-0.15, -0.1) is 0 Å². The van der Waals surface area contributed by atoms with Crippen LogP contribution in [0.4, 0.5) is 0 Å². The van der Waals surface area contributed by atoms with Gasteiger partial charge < -0.3 is 14.6 Å². The van der Waals surface area contributed by atoms with Crippen molar-refractivity contribution >= 4 is 0 Å². The van der Waals surface area contributed by atoms with Gasteiger partial charge in [0, 0.05) is 5.56 Å². The Morgan fingerprint density at radius 1 is 1.21 bits per heavy atom. The van der Waals surface area contributed by atoms with Crippen LogP contribution in [0.2, 0.25) is 0 Å². The number of aromatic hydroxyl groups is 1. The highest BCUT2D eigenvalue weighted by Crippen LogP contribution is 2.53. The molecule has 1 unspecified atom stereocenters. The van der Waals surface area contributed by atoms with Crippen molar-refractivity contribution in [2.24, 2.45) is 0 Å². The second kappa shape index (κ2) is 4.19. The van der Waals surface area contributed by atoms with Crippen molar-refractivity contribution in [2.45, 2.75) is 46.1 Å². The summed E-state index contributed by atoms with van der Waals surface area (Å²) in [6.07, 6.45) is 0. The molecule has 1 N–H and O–H groups in total. The number of methoxy groups -OCH3 is 1. The molecule has 1 aliphatic rings. The van der Waals surface area contributed by atoms with Crippen molar-refractivity contribution in [1.82, 2.24) is 0 Å². The molecule has 0 fully saturated rings. The molecule has 0 saturated heterocycles. The minimum atomic E-state index is -0.425. The lowest BCUT2D eigenvalue weighted by Gasteiger charge is -2.27. The Morgan fingerprint density at radius 2 is 1.79 bits per heavy atom. The molecular weight excluding hydrogens is 240 g/mol. The maximum atomic E-state index is 10.3. The van der Waals surface area contributed by atoms with E-state index >= 15 is 0 Å². The molecule has 0 saturated carbocycles. The number of hydrogen-bond donors (Lipinski definition) is 1. The van der Waals surface area contributed by atoms with Crippen molar-refractivity contribution in [1.29, 1.82) is 0 Å². The molecular formula is C16H22O3. The lowest BCUT2D eigenvalue weighted by Crippen LogP contribution is -2.31. The van der Waals surface area contributed by atoms with Crippen molar-refractivity contribution in [3.8, 4) is 11.5 Å². The number of rotatable bonds is 2. The molecule has 3 nitrogen and oxygen atoms in total. The smallest absolute Gasteiger partial charge is 0.127 e. The molecule has 2 rings (SSSR count). The maximum absolute atomic E-state index is 10.3. The SMILES string of the molecule is C=C(OC)C1c2c(C)c(O)c(C)c(C)c2OC1(C)C. The Morgan fingerprint density at radius 3 is 2.32 bits per heavy atom. The Kier molecular flexibility index (Phi) is 3.04. The lowest BCUT2D eigenvalue weighted by atomic mass is 9.82. The van der Waals surface area contributed by atoms with Crippen LogP contribution in [0.25, 0.3) is 0 Å². The van der Waals surface area contributed by atoms with E-state index in [2.05, 4.69) is 6.58 Å². The summed E-state index contributed by atoms with van der Waals surface area (Å²) in [7, 11) is 1.62. The molecule has 0 amide bonds. The van der Waals surface area contributed by atoms with Crippen molar-refractivity contribution < 1.29 is 14.6 Å². The summed E-state index contributed by atoms with van der Waals surface area (Å²) in [4.78, 5) is 0. The van der Waals surface area contributed by atoms with Gasteiger partial charge in [-0.05, 0) is 51.3 Å². The zero-order valence-corrected chi connectivity index (χ0v) is 12.5. The van der Waals surface area contributed by atoms with Crippen LogP contribution >= 0.6 is 0 Å². The molecule has 0 bridgehead atoms. The summed E-state index contributed by atoms with van der Waals surface area (Å²) in [6.45, 7) is 13.8. The van der Waals surface area contributed by atoms with Crippen LogP contribution < -0.4 is 4.74 Å². The largest absolute Gasteiger partial charge is 0.507 e. The molecule has 1 heterocycles. The van der Waals surface area contributed by atoms with Gasteiger partial charge in [-0.1, -0.05) is 6.58 Å². The quantitative estimate of drug-likeness (QED) is 0.825. The van der Waals surface area contributed by atoms with E-state index in [0.29, 0.717) is 11.5 Å². The van der Waals surface area contributed by atoms with Gasteiger partial charge in [-0.3, -0.25) is 0 Å². The van der Waals surface area contributed by atoms with Crippen LogP contribution in [0.5, 0.6) is 11.5 Å². The highest BCUT2D eigenvalue weighted by Gasteiger charge is 2.46. The van der Waals surface area contributed by atoms with E-state index in [-0.39, 0.29) is 5.92 Å². The third-order valence-corrected chi connectivity index (χ3v) is 4.20. The zero-order valence-electron chi connectivity index (χ0n) is 12.5. The van der Waals surface area contributed by atoms with Gasteiger partial charge >= 0.3 is 0 Å². The zero-order chi connectivity index (χ0) is 14.5. The number of fused-ring (bicyclic) bond motifs is 1. The molecule has 0 aliphatic carbocycles. The van der Waals surface area contributed by atoms with Gasteiger partial charge in [0.25, 0.3) is 0 Å². The normalized spacial score (nSPS) is 19.8. The van der Waals surface area contributed by atoms with E-state index in [1.54, 1.807) is 7.11 Å². The topological polar surface area (TPSA) is 38.7 Å². The minimum absolute atomic E-state index is 0.0716. The Balaban J connectivity index is 2.76. The molecule has 1 aliphatic heterocycles. The average Bonchev–Trinajstić information content (AvgIpc) is 2.64. The minimum Gasteiger partial charge on any atom is -0.507 e. The lowest BCUT2D eigenvalue weighted by molar-refractivity contribution is 0.0971. The van der Waals surface area contributed by atoms with Crippen LogP contribution in [0.15, 0.2) is 12.3 Å². The third kappa shape index (κ3) is 1.79. The molecule has 19 heavy (non-hydrogen) atoms. The van der Waals surface area contributed by atoms with E-state index in [1.165, 1.54) is 0 Å². The van der Waals surface area contributed by atoms with Crippen molar-refractivity contribution in [2.75, 3.05) is 7.11 Å². The Bertz CT molecular complexity index is 556. The standard InChI is InChI=1S/C16H22O3/c1-8-9(2)15-12(10(3)14(8)17)13(11(4)18-7)16(5,6)19-15/h13,17H,4H2,1-3,5-7H3. The maximum Gasteiger partial charge on any atom is 0.127 e. The highest BCUT2D eigenvalue weighted by atomic mass is 16.5. The van der Waals surface area contributed by atoms with Crippen LogP contribution in [-0.2, 0) is 4.74 Å². The number of phenols is 1. The van der Waals surface area contributed by atoms with Crippen LogP contribution in [0.1, 0.15) is 42.0 Å². The van der Waals surface area contributed by atoms with Gasteiger partial charge in [0.15, 0.2) is 0 Å². The Labute approximate surface area is 114 Å². The van der Waals surface area contributed by atoms with E-state index in [0.717, 1.165) is 28.0 Å². The predicted octanol–water partition coefficient (Wildman–Crippen LogP) is 3.73. The van der Waals surface area contributed by atoms with Gasteiger partial charge in [0.2, 0.25) is 0 Å². The summed E-state index contributed by atoms with van der Waals surface area (Å²) in [6, 6.07) is 0. The van der Waals surface area contributed by atoms with Crippen LogP contribution in [0.3, 0.4) is 0 Å². The molecule has 0 aromatic heterocycles. The van der Waals surface area contributed by atoms with Gasteiger partial charge in [0.1, 0.15) is 17.1 Å². The fourth-order valence-corrected chi connectivity index (χ4v) is 2.94. The van der Waals surface area contributed by atoms with Gasteiger partial charge in [0.05, 0.1) is 18.8 Å². The summed E-state index contributed by atoms with van der Waals surface area (Å²) >= 11 is 0. The Hall–Kier alpha value is -1.64. The molecule has 0 spiro atoms. The molecule has 0 radical (unpaired) electrons. The number of phenolic OH excluding ortho intramolecular Hbond substituents is 1. The van der Waals surface area contributed by atoms with Crippen molar-refractivity contribution in [3.05, 3.63) is 34.6 Å². The first-order valence-corrected chi connectivity index (χ1v) is 6.46. The fourth-order valence-electron chi connectivity index (χ4n) is 2.94. The first-order chi connectivity index (χ1) is 8.72. The van der Waals surface area contributed by atoms with Gasteiger partial charge in [-0.25, -0.2) is 0 Å². The summed E-state index contributed by atoms with van der Waals surface area (Å²) in [5.41, 5.74) is 3.28. The third-order valence-electron chi connectivity index (χ3n) is 4.20. The van der Waals surface area contributed by atoms with Crippen molar-refractivity contribution in [3.63, 3.8) is 0 Å². The highest BCUT2D eigenvalue weighted by molar-refractivity contribution is 5.62. The molecule has 1 aromatic carbocycles. The monoisotopic (exact) mass is 262 g/mol. The van der Waals surface area contributed by atoms with E-state index in [4.69, 9.17) is 9.47 Å². The van der Waals surface area contributed by atoms with E-state index in [9.17, 15) is 5.11 Å². The second-order valence-corrected chi connectivity index (χ2v) is 5.78. The average molecular weight is 262 g/mol. The van der Waals surface area contributed by atoms with Crippen LogP contribution in [-0.4, -0.2) is 17.8 Å². The number of ether oxygens (including phenoxy) is 2. The molecule has 104 valence electrons. The first kappa shape index (κ1) is 13.8. The molecule has 1 aromatic rings. The predicted molar refractivity (Wildman–Crippen MR) is 75.9 cm³/mol. The molecule has 1 atom stereocenters. The second-order valence-electron chi connectivity index (χ2n) is 5.78.